The van der Waals surface area contributed by atoms with Crippen LogP contribution in [0.15, 0.2) is 0 Å². The van der Waals surface area contributed by atoms with Crippen molar-refractivity contribution in [2.24, 2.45) is 0 Å². The second kappa shape index (κ2) is 9.30. The van der Waals surface area contributed by atoms with Gasteiger partial charge in [-0.2, -0.15) is 0 Å². The fourth-order valence-electron chi connectivity index (χ4n) is 1.09. The van der Waals surface area contributed by atoms with E-state index in [1.807, 2.05) is 0 Å². The van der Waals surface area contributed by atoms with Gasteiger partial charge in [-0.25, -0.2) is 0 Å². The van der Waals surface area contributed by atoms with E-state index in [0.717, 1.165) is 3.92 Å². The minimum Gasteiger partial charge on any atom is -0.0928 e. The maximum absolute atomic E-state index is 3.45. The fourth-order valence-corrected chi connectivity index (χ4v) is 2.55. The summed E-state index contributed by atoms with van der Waals surface area (Å²) in [4.78, 5) is 0. The van der Waals surface area contributed by atoms with Crippen molar-refractivity contribution < 1.29 is 0 Å². The predicted octanol–water partition coefficient (Wildman–Crippen LogP) is 4.55. The first-order valence-electron chi connectivity index (χ1n) is 4.51. The Hall–Kier alpha value is 1.21. The zero-order valence-electron chi connectivity index (χ0n) is 7.28. The van der Waals surface area contributed by atoms with Crippen LogP contribution in [-0.2, 0) is 0 Å². The molecule has 0 saturated heterocycles. The summed E-state index contributed by atoms with van der Waals surface area (Å²) in [6.07, 6.45) is 8.31. The van der Waals surface area contributed by atoms with Gasteiger partial charge in [0.25, 0.3) is 0 Å². The zero-order chi connectivity index (χ0) is 8.53. The van der Waals surface area contributed by atoms with Crippen LogP contribution < -0.4 is 0 Å². The number of alkyl halides is 2. The monoisotopic (exact) mass is 332 g/mol. The highest BCUT2D eigenvalue weighted by atomic mass is 127. The Morgan fingerprint density at radius 1 is 1.18 bits per heavy atom. The third-order valence-electron chi connectivity index (χ3n) is 1.75. The molecule has 0 aliphatic carbocycles. The molecule has 0 bridgehead atoms. The molecule has 0 heterocycles. The van der Waals surface area contributed by atoms with Crippen molar-refractivity contribution >= 4 is 38.5 Å². The van der Waals surface area contributed by atoms with Crippen molar-refractivity contribution in [3.63, 3.8) is 0 Å². The van der Waals surface area contributed by atoms with E-state index in [9.17, 15) is 0 Å². The molecule has 0 nitrogen and oxygen atoms in total. The highest BCUT2D eigenvalue weighted by Crippen LogP contribution is 2.16. The maximum atomic E-state index is 3.45. The normalized spacial score (nSPS) is 13.4. The van der Waals surface area contributed by atoms with Crippen LogP contribution in [0.5, 0.6) is 0 Å². The minimum absolute atomic E-state index is 0.924. The molecule has 0 radical (unpaired) electrons. The Bertz CT molecular complexity index is 76.0. The van der Waals surface area contributed by atoms with E-state index in [1.54, 1.807) is 0 Å². The summed E-state index contributed by atoms with van der Waals surface area (Å²) >= 11 is 6.03. The lowest BCUT2D eigenvalue weighted by atomic mass is 10.1. The van der Waals surface area contributed by atoms with Crippen molar-refractivity contribution in [2.45, 2.75) is 49.4 Å². The van der Waals surface area contributed by atoms with Crippen LogP contribution in [0.4, 0.5) is 0 Å². The van der Waals surface area contributed by atoms with E-state index in [2.05, 4.69) is 45.4 Å². The highest BCUT2D eigenvalue weighted by Gasteiger charge is 2.00. The lowest BCUT2D eigenvalue weighted by molar-refractivity contribution is 0.630. The lowest BCUT2D eigenvalue weighted by Crippen LogP contribution is -1.96. The summed E-state index contributed by atoms with van der Waals surface area (Å²) in [5.74, 6) is 0. The molecule has 1 atom stereocenters. The molecular formula is C9H18BrI. The Morgan fingerprint density at radius 2 is 1.91 bits per heavy atom. The van der Waals surface area contributed by atoms with Gasteiger partial charge in [-0.1, -0.05) is 64.7 Å². The van der Waals surface area contributed by atoms with Gasteiger partial charge in [-0.15, -0.1) is 0 Å². The standard InChI is InChI=1S/C9H18BrI/c1-2-6-9(11)7-4-3-5-8-10/h9H,2-8H2,1H3. The van der Waals surface area contributed by atoms with E-state index in [1.165, 1.54) is 43.9 Å². The summed E-state index contributed by atoms with van der Waals surface area (Å²) in [7, 11) is 0. The van der Waals surface area contributed by atoms with Crippen LogP contribution in [0, 0.1) is 0 Å². The van der Waals surface area contributed by atoms with Gasteiger partial charge in [0.1, 0.15) is 0 Å². The number of rotatable bonds is 7. The van der Waals surface area contributed by atoms with Gasteiger partial charge < -0.3 is 0 Å². The molecule has 0 aliphatic rings. The van der Waals surface area contributed by atoms with Crippen LogP contribution in [0.25, 0.3) is 0 Å². The topological polar surface area (TPSA) is 0 Å². The fraction of sp³-hybridized carbons (Fsp3) is 1.00. The molecular weight excluding hydrogens is 315 g/mol. The predicted molar refractivity (Wildman–Crippen MR) is 65.0 cm³/mol. The molecule has 2 heteroatoms. The zero-order valence-corrected chi connectivity index (χ0v) is 11.0. The first kappa shape index (κ1) is 12.2. The van der Waals surface area contributed by atoms with Gasteiger partial charge in [0.2, 0.25) is 0 Å². The smallest absolute Gasteiger partial charge is 0.0109 e. The molecule has 0 aromatic rings. The van der Waals surface area contributed by atoms with Crippen molar-refractivity contribution in [3.05, 3.63) is 0 Å². The van der Waals surface area contributed by atoms with Crippen LogP contribution in [0.3, 0.4) is 0 Å². The molecule has 0 saturated carbocycles. The van der Waals surface area contributed by atoms with Gasteiger partial charge >= 0.3 is 0 Å². The summed E-state index contributed by atoms with van der Waals surface area (Å²) < 4.78 is 0.924. The van der Waals surface area contributed by atoms with Gasteiger partial charge in [-0.3, -0.25) is 0 Å². The van der Waals surface area contributed by atoms with Crippen LogP contribution in [0.1, 0.15) is 45.4 Å². The molecule has 0 spiro atoms. The number of hydrogen-bond donors (Lipinski definition) is 0. The maximum Gasteiger partial charge on any atom is 0.0109 e. The van der Waals surface area contributed by atoms with E-state index >= 15 is 0 Å². The van der Waals surface area contributed by atoms with Gasteiger partial charge in [0.05, 0.1) is 0 Å². The average Bonchev–Trinajstić information content (AvgIpc) is 1.99. The summed E-state index contributed by atoms with van der Waals surface area (Å²) in [5, 5.41) is 1.17. The molecule has 1 unspecified atom stereocenters. The molecule has 0 N–H and O–H groups in total. The molecule has 0 aromatic heterocycles. The third-order valence-corrected chi connectivity index (χ3v) is 3.56. The van der Waals surface area contributed by atoms with Gasteiger partial charge in [-0.05, 0) is 19.3 Å². The molecule has 68 valence electrons. The highest BCUT2D eigenvalue weighted by molar-refractivity contribution is 14.1. The molecule has 0 amide bonds. The Morgan fingerprint density at radius 3 is 2.45 bits per heavy atom. The Balaban J connectivity index is 2.97. The first-order valence-corrected chi connectivity index (χ1v) is 6.88. The number of hydrogen-bond acceptors (Lipinski definition) is 0. The van der Waals surface area contributed by atoms with E-state index in [0.29, 0.717) is 0 Å². The molecule has 0 fully saturated rings. The Labute approximate surface area is 92.8 Å². The van der Waals surface area contributed by atoms with E-state index < -0.39 is 0 Å². The summed E-state index contributed by atoms with van der Waals surface area (Å²) in [6, 6.07) is 0. The van der Waals surface area contributed by atoms with E-state index in [4.69, 9.17) is 0 Å². The van der Waals surface area contributed by atoms with Crippen molar-refractivity contribution in [3.8, 4) is 0 Å². The molecule has 11 heavy (non-hydrogen) atoms. The van der Waals surface area contributed by atoms with Crippen molar-refractivity contribution in [1.29, 1.82) is 0 Å². The van der Waals surface area contributed by atoms with Crippen molar-refractivity contribution in [1.82, 2.24) is 0 Å². The second-order valence-corrected chi connectivity index (χ2v) is 5.48. The van der Waals surface area contributed by atoms with Crippen molar-refractivity contribution in [2.75, 3.05) is 5.33 Å². The van der Waals surface area contributed by atoms with Crippen LogP contribution >= 0.6 is 38.5 Å². The Kier molecular flexibility index (Phi) is 10.3. The van der Waals surface area contributed by atoms with Gasteiger partial charge in [0, 0.05) is 9.25 Å². The molecule has 0 rings (SSSR count). The largest absolute Gasteiger partial charge is 0.0928 e. The third kappa shape index (κ3) is 9.12. The minimum atomic E-state index is 0.924. The van der Waals surface area contributed by atoms with Crippen LogP contribution in [0.2, 0.25) is 0 Å². The molecule has 0 aliphatic heterocycles. The summed E-state index contributed by atoms with van der Waals surface area (Å²) in [6.45, 7) is 2.27. The average molecular weight is 333 g/mol. The number of halogens is 2. The quantitative estimate of drug-likeness (QED) is 0.364. The summed E-state index contributed by atoms with van der Waals surface area (Å²) in [5.41, 5.74) is 0. The number of unbranched alkanes of at least 4 members (excludes halogenated alkanes) is 2. The lowest BCUT2D eigenvalue weighted by Gasteiger charge is -2.06. The van der Waals surface area contributed by atoms with Gasteiger partial charge in [0.15, 0.2) is 0 Å². The first-order chi connectivity index (χ1) is 5.31. The second-order valence-electron chi connectivity index (χ2n) is 2.92. The SMILES string of the molecule is CCCC(I)CCCCCBr. The van der Waals surface area contributed by atoms with Crippen LogP contribution in [-0.4, -0.2) is 9.25 Å². The molecule has 0 aromatic carbocycles. The van der Waals surface area contributed by atoms with E-state index in [-0.39, 0.29) is 0 Å².